The van der Waals surface area contributed by atoms with E-state index in [1.54, 1.807) is 16.2 Å². The molecular weight excluding hydrogens is 410 g/mol. The number of para-hydroxylation sites is 1. The van der Waals surface area contributed by atoms with Crippen molar-refractivity contribution in [1.82, 2.24) is 0 Å². The molecular formula is C26H28ClNOS. The highest BCUT2D eigenvalue weighted by Gasteiger charge is 2.34. The molecule has 3 heterocycles. The molecule has 1 fully saturated rings. The van der Waals surface area contributed by atoms with Gasteiger partial charge in [0.2, 0.25) is 0 Å². The zero-order valence-electron chi connectivity index (χ0n) is 17.4. The molecule has 2 aliphatic heterocycles. The molecule has 2 aliphatic rings. The minimum atomic E-state index is 0. The number of hydrogen-bond acceptors (Lipinski definition) is 2. The van der Waals surface area contributed by atoms with E-state index in [4.69, 9.17) is 4.74 Å². The topological polar surface area (TPSA) is 13.7 Å². The van der Waals surface area contributed by atoms with E-state index in [1.165, 1.54) is 59.5 Å². The molecule has 4 heteroatoms. The predicted octanol–water partition coefficient (Wildman–Crippen LogP) is 2.06. The lowest BCUT2D eigenvalue weighted by molar-refractivity contribution is -0.900. The molecule has 3 aromatic rings. The molecule has 2 aromatic carbocycles. The molecule has 0 amide bonds. The Balaban J connectivity index is 0.00000218. The second-order valence-electron chi connectivity index (χ2n) is 8.30. The van der Waals surface area contributed by atoms with E-state index in [9.17, 15) is 0 Å². The standard InChI is InChI=1S/C26H27NOS.ClH/c1-19-11-13-20(14-12-19)25-21-8-3-4-9-23(21)28-26(24-10-7-17-29-24)22(25)18-27-15-5-2-6-16-27;/h3-4,7-14,17,25H,2,5-6,15-16,18H2,1H3;1H. The number of nitrogens with one attached hydrogen (secondary N) is 1. The van der Waals surface area contributed by atoms with E-state index in [0.29, 0.717) is 0 Å². The number of ether oxygens (including phenoxy) is 1. The van der Waals surface area contributed by atoms with Crippen LogP contribution in [0.1, 0.15) is 46.7 Å². The molecule has 1 saturated heterocycles. The maximum absolute atomic E-state index is 6.58. The summed E-state index contributed by atoms with van der Waals surface area (Å²) in [6, 6.07) is 22.0. The first-order valence-corrected chi connectivity index (χ1v) is 11.6. The van der Waals surface area contributed by atoms with Crippen molar-refractivity contribution < 1.29 is 22.0 Å². The highest BCUT2D eigenvalue weighted by molar-refractivity contribution is 7.11. The summed E-state index contributed by atoms with van der Waals surface area (Å²) in [5, 5.41) is 2.15. The van der Waals surface area contributed by atoms with Crippen molar-refractivity contribution >= 4 is 17.1 Å². The van der Waals surface area contributed by atoms with Gasteiger partial charge in [0.25, 0.3) is 0 Å². The molecule has 0 spiro atoms. The minimum Gasteiger partial charge on any atom is -1.00 e. The Kier molecular flexibility index (Phi) is 6.62. The highest BCUT2D eigenvalue weighted by Crippen LogP contribution is 2.45. The highest BCUT2D eigenvalue weighted by atomic mass is 35.5. The van der Waals surface area contributed by atoms with Crippen LogP contribution in [0.3, 0.4) is 0 Å². The number of aryl methyl sites for hydroxylation is 1. The summed E-state index contributed by atoms with van der Waals surface area (Å²) in [5.41, 5.74) is 5.40. The number of quaternary nitrogens is 1. The molecule has 156 valence electrons. The third kappa shape index (κ3) is 4.20. The van der Waals surface area contributed by atoms with Gasteiger partial charge in [0.05, 0.1) is 18.0 Å². The van der Waals surface area contributed by atoms with Crippen LogP contribution in [0.25, 0.3) is 5.76 Å². The molecule has 2 nitrogen and oxygen atoms in total. The largest absolute Gasteiger partial charge is 1.00 e. The maximum Gasteiger partial charge on any atom is 0.150 e. The Labute approximate surface area is 189 Å². The molecule has 5 rings (SSSR count). The monoisotopic (exact) mass is 437 g/mol. The van der Waals surface area contributed by atoms with Gasteiger partial charge in [0.1, 0.15) is 18.1 Å². The maximum atomic E-state index is 6.58. The normalized spacial score (nSPS) is 19.0. The number of hydrogen-bond donors (Lipinski definition) is 1. The zero-order valence-corrected chi connectivity index (χ0v) is 18.9. The second-order valence-corrected chi connectivity index (χ2v) is 9.25. The van der Waals surface area contributed by atoms with Crippen LogP contribution in [0, 0.1) is 6.92 Å². The van der Waals surface area contributed by atoms with Gasteiger partial charge in [-0.1, -0.05) is 54.1 Å². The summed E-state index contributed by atoms with van der Waals surface area (Å²) in [7, 11) is 0. The van der Waals surface area contributed by atoms with Gasteiger partial charge in [0.15, 0.2) is 0 Å². The Morgan fingerprint density at radius 1 is 0.933 bits per heavy atom. The summed E-state index contributed by atoms with van der Waals surface area (Å²) >= 11 is 1.78. The van der Waals surface area contributed by atoms with Crippen molar-refractivity contribution in [1.29, 1.82) is 0 Å². The average Bonchev–Trinajstić information content (AvgIpc) is 3.30. The zero-order chi connectivity index (χ0) is 19.6. The molecule has 1 atom stereocenters. The molecule has 1 unspecified atom stereocenters. The van der Waals surface area contributed by atoms with Crippen molar-refractivity contribution in [2.24, 2.45) is 0 Å². The fourth-order valence-corrected chi connectivity index (χ4v) is 5.48. The van der Waals surface area contributed by atoms with Gasteiger partial charge < -0.3 is 22.0 Å². The van der Waals surface area contributed by atoms with E-state index in [1.807, 2.05) is 0 Å². The number of rotatable bonds is 4. The van der Waals surface area contributed by atoms with Crippen molar-refractivity contribution in [2.75, 3.05) is 19.6 Å². The van der Waals surface area contributed by atoms with Crippen molar-refractivity contribution in [3.63, 3.8) is 0 Å². The van der Waals surface area contributed by atoms with Crippen molar-refractivity contribution in [3.8, 4) is 5.75 Å². The van der Waals surface area contributed by atoms with E-state index in [2.05, 4.69) is 73.0 Å². The first kappa shape index (κ1) is 21.2. The number of piperidine rings is 1. The predicted molar refractivity (Wildman–Crippen MR) is 121 cm³/mol. The summed E-state index contributed by atoms with van der Waals surface area (Å²) in [6.45, 7) is 5.75. The first-order chi connectivity index (χ1) is 14.3. The second kappa shape index (κ2) is 9.38. The molecule has 0 bridgehead atoms. The van der Waals surface area contributed by atoms with Gasteiger partial charge in [-0.25, -0.2) is 0 Å². The van der Waals surface area contributed by atoms with Crippen LogP contribution in [-0.4, -0.2) is 19.6 Å². The molecule has 0 saturated carbocycles. The Morgan fingerprint density at radius 3 is 2.43 bits per heavy atom. The van der Waals surface area contributed by atoms with Gasteiger partial charge in [0, 0.05) is 17.1 Å². The van der Waals surface area contributed by atoms with Gasteiger partial charge >= 0.3 is 0 Å². The van der Waals surface area contributed by atoms with Crippen LogP contribution in [0.5, 0.6) is 5.75 Å². The van der Waals surface area contributed by atoms with E-state index >= 15 is 0 Å². The first-order valence-electron chi connectivity index (χ1n) is 10.7. The van der Waals surface area contributed by atoms with Crippen LogP contribution < -0.4 is 22.0 Å². The van der Waals surface area contributed by atoms with E-state index in [-0.39, 0.29) is 18.3 Å². The average molecular weight is 438 g/mol. The minimum absolute atomic E-state index is 0. The summed E-state index contributed by atoms with van der Waals surface area (Å²) in [6.07, 6.45) is 4.05. The van der Waals surface area contributed by atoms with Crippen LogP contribution in [0.4, 0.5) is 0 Å². The van der Waals surface area contributed by atoms with Crippen LogP contribution in [0.2, 0.25) is 0 Å². The van der Waals surface area contributed by atoms with E-state index in [0.717, 1.165) is 18.1 Å². The molecule has 0 radical (unpaired) electrons. The van der Waals surface area contributed by atoms with Gasteiger partial charge in [-0.3, -0.25) is 0 Å². The lowest BCUT2D eigenvalue weighted by Gasteiger charge is -2.33. The van der Waals surface area contributed by atoms with Crippen molar-refractivity contribution in [2.45, 2.75) is 32.1 Å². The molecule has 30 heavy (non-hydrogen) atoms. The number of fused-ring (bicyclic) bond motifs is 1. The molecule has 0 aliphatic carbocycles. The third-order valence-corrected chi connectivity index (χ3v) is 7.11. The number of benzene rings is 2. The smallest absolute Gasteiger partial charge is 0.150 e. The van der Waals surface area contributed by atoms with Crippen LogP contribution in [0.15, 0.2) is 71.6 Å². The summed E-state index contributed by atoms with van der Waals surface area (Å²) in [5.74, 6) is 2.34. The number of thiophene rings is 1. The number of likely N-dealkylation sites (tertiary alicyclic amines) is 1. The van der Waals surface area contributed by atoms with Crippen LogP contribution in [-0.2, 0) is 0 Å². The lowest BCUT2D eigenvalue weighted by atomic mass is 9.81. The fraction of sp³-hybridized carbons (Fsp3) is 0.308. The van der Waals surface area contributed by atoms with Crippen molar-refractivity contribution in [3.05, 3.63) is 93.2 Å². The Bertz CT molecular complexity index is 1000. The van der Waals surface area contributed by atoms with Gasteiger partial charge in [-0.2, -0.15) is 0 Å². The van der Waals surface area contributed by atoms with Crippen LogP contribution >= 0.6 is 11.3 Å². The van der Waals surface area contributed by atoms with Gasteiger partial charge in [-0.15, -0.1) is 11.3 Å². The Morgan fingerprint density at radius 2 is 1.70 bits per heavy atom. The molecule has 1 aromatic heterocycles. The number of halogens is 1. The third-order valence-electron chi connectivity index (χ3n) is 6.24. The lowest BCUT2D eigenvalue weighted by Crippen LogP contribution is -3.13. The van der Waals surface area contributed by atoms with Gasteiger partial charge in [-0.05, 0) is 49.3 Å². The summed E-state index contributed by atoms with van der Waals surface area (Å²) in [4.78, 5) is 2.93. The SMILES string of the molecule is Cc1ccc(C2C(C[NH+]3CCCCC3)=C(c3cccs3)Oc3ccccc32)cc1.[Cl-]. The fourth-order valence-electron chi connectivity index (χ4n) is 4.74. The Hall–Kier alpha value is -2.07. The quantitative estimate of drug-likeness (QED) is 0.659. The molecule has 1 N–H and O–H groups in total. The summed E-state index contributed by atoms with van der Waals surface area (Å²) < 4.78 is 6.58. The van der Waals surface area contributed by atoms with E-state index < -0.39 is 0 Å².